The molecule has 3 aromatic carbocycles. The number of methoxy groups -OCH3 is 1. The Morgan fingerprint density at radius 3 is 2.42 bits per heavy atom. The van der Waals surface area contributed by atoms with Crippen molar-refractivity contribution >= 4 is 55.1 Å². The average molecular weight is 544 g/mol. The normalized spacial score (nSPS) is 12.3. The van der Waals surface area contributed by atoms with E-state index in [0.717, 1.165) is 10.3 Å². The van der Waals surface area contributed by atoms with Crippen molar-refractivity contribution in [3.63, 3.8) is 0 Å². The fourth-order valence-corrected chi connectivity index (χ4v) is 5.97. The fourth-order valence-electron chi connectivity index (χ4n) is 3.51. The summed E-state index contributed by atoms with van der Waals surface area (Å²) in [5.41, 5.74) is 1.75. The number of esters is 1. The molecule has 11 heteroatoms. The highest BCUT2D eigenvalue weighted by molar-refractivity contribution is 7.89. The standard InChI is InChI=1S/C25H22ClN3O5S2/c1-28(15-17-6-4-3-5-7-17)36(32,33)20-11-8-18(9-12-20)24(31)27-25-29(16-23(30)34-2)21-13-10-19(26)14-22(21)35-25/h3-14H,15-16H2,1-2H3. The summed E-state index contributed by atoms with van der Waals surface area (Å²) in [5.74, 6) is -1.07. The number of benzene rings is 3. The minimum atomic E-state index is -3.76. The first-order chi connectivity index (χ1) is 17.2. The van der Waals surface area contributed by atoms with Gasteiger partial charge < -0.3 is 9.30 Å². The topological polar surface area (TPSA) is 98.0 Å². The van der Waals surface area contributed by atoms with Crippen LogP contribution in [0.1, 0.15) is 15.9 Å². The number of sulfonamides is 1. The minimum Gasteiger partial charge on any atom is -0.468 e. The number of hydrogen-bond acceptors (Lipinski definition) is 6. The number of amides is 1. The van der Waals surface area contributed by atoms with Crippen LogP contribution in [0.3, 0.4) is 0 Å². The zero-order valence-electron chi connectivity index (χ0n) is 19.4. The third-order valence-corrected chi connectivity index (χ3v) is 8.51. The molecule has 0 saturated carbocycles. The second-order valence-electron chi connectivity index (χ2n) is 7.85. The Hall–Kier alpha value is -3.31. The maximum atomic E-state index is 13.0. The smallest absolute Gasteiger partial charge is 0.325 e. The van der Waals surface area contributed by atoms with Gasteiger partial charge in [0.1, 0.15) is 6.54 Å². The molecule has 1 amide bonds. The molecule has 8 nitrogen and oxygen atoms in total. The maximum Gasteiger partial charge on any atom is 0.325 e. The van der Waals surface area contributed by atoms with Crippen LogP contribution in [0.15, 0.2) is 82.7 Å². The average Bonchev–Trinajstić information content (AvgIpc) is 3.19. The summed E-state index contributed by atoms with van der Waals surface area (Å²) in [6.07, 6.45) is 0. The zero-order valence-corrected chi connectivity index (χ0v) is 21.8. The van der Waals surface area contributed by atoms with Crippen LogP contribution in [0.25, 0.3) is 10.2 Å². The Balaban J connectivity index is 1.62. The first kappa shape index (κ1) is 25.8. The van der Waals surface area contributed by atoms with Gasteiger partial charge in [-0.2, -0.15) is 9.30 Å². The summed E-state index contributed by atoms with van der Waals surface area (Å²) in [4.78, 5) is 29.4. The van der Waals surface area contributed by atoms with Crippen molar-refractivity contribution in [2.75, 3.05) is 14.2 Å². The fraction of sp³-hybridized carbons (Fsp3) is 0.160. The largest absolute Gasteiger partial charge is 0.468 e. The van der Waals surface area contributed by atoms with Gasteiger partial charge in [0.2, 0.25) is 10.0 Å². The van der Waals surface area contributed by atoms with E-state index in [4.69, 9.17) is 16.3 Å². The lowest BCUT2D eigenvalue weighted by molar-refractivity contribution is -0.141. The Morgan fingerprint density at radius 1 is 1.06 bits per heavy atom. The number of fused-ring (bicyclic) bond motifs is 1. The summed E-state index contributed by atoms with van der Waals surface area (Å²) in [6, 6.07) is 20.0. The molecule has 0 aliphatic heterocycles. The van der Waals surface area contributed by atoms with Gasteiger partial charge in [-0.1, -0.05) is 53.3 Å². The highest BCUT2D eigenvalue weighted by Crippen LogP contribution is 2.22. The summed E-state index contributed by atoms with van der Waals surface area (Å²) in [5, 5.41) is 0.515. The molecular formula is C25H22ClN3O5S2. The predicted molar refractivity (Wildman–Crippen MR) is 138 cm³/mol. The summed E-state index contributed by atoms with van der Waals surface area (Å²) in [7, 11) is -0.972. The van der Waals surface area contributed by atoms with Gasteiger partial charge in [-0.3, -0.25) is 9.59 Å². The van der Waals surface area contributed by atoms with E-state index >= 15 is 0 Å². The van der Waals surface area contributed by atoms with Gasteiger partial charge in [-0.25, -0.2) is 8.42 Å². The van der Waals surface area contributed by atoms with Crippen molar-refractivity contribution in [3.8, 4) is 0 Å². The Kier molecular flexibility index (Phi) is 7.70. The Labute approximate surface area is 217 Å². The van der Waals surface area contributed by atoms with Crippen molar-refractivity contribution in [2.24, 2.45) is 4.99 Å². The molecule has 4 aromatic rings. The predicted octanol–water partition coefficient (Wildman–Crippen LogP) is 4.09. The zero-order chi connectivity index (χ0) is 25.9. The highest BCUT2D eigenvalue weighted by Gasteiger charge is 2.21. The van der Waals surface area contributed by atoms with Crippen LogP contribution in [0.2, 0.25) is 5.02 Å². The minimum absolute atomic E-state index is 0.0646. The summed E-state index contributed by atoms with van der Waals surface area (Å²) < 4.78 is 34.3. The van der Waals surface area contributed by atoms with Crippen molar-refractivity contribution < 1.29 is 22.7 Å². The molecule has 0 N–H and O–H groups in total. The van der Waals surface area contributed by atoms with Crippen molar-refractivity contribution in [2.45, 2.75) is 18.0 Å². The van der Waals surface area contributed by atoms with Crippen molar-refractivity contribution in [1.29, 1.82) is 0 Å². The van der Waals surface area contributed by atoms with Gasteiger partial charge in [0, 0.05) is 24.2 Å². The van der Waals surface area contributed by atoms with E-state index in [1.807, 2.05) is 30.3 Å². The SMILES string of the molecule is COC(=O)Cn1c(=NC(=O)c2ccc(S(=O)(=O)N(C)Cc3ccccc3)cc2)sc2cc(Cl)ccc21. The lowest BCUT2D eigenvalue weighted by Crippen LogP contribution is -2.26. The lowest BCUT2D eigenvalue weighted by atomic mass is 10.2. The van der Waals surface area contributed by atoms with Crippen LogP contribution in [-0.4, -0.2) is 43.3 Å². The van der Waals surface area contributed by atoms with Crippen LogP contribution >= 0.6 is 22.9 Å². The number of ether oxygens (including phenoxy) is 1. The number of carbonyl (C=O) groups excluding carboxylic acids is 2. The maximum absolute atomic E-state index is 13.0. The molecule has 1 aromatic heterocycles. The van der Waals surface area contributed by atoms with Crippen LogP contribution in [0.5, 0.6) is 0 Å². The van der Waals surface area contributed by atoms with Crippen LogP contribution in [0, 0.1) is 0 Å². The summed E-state index contributed by atoms with van der Waals surface area (Å²) in [6.45, 7) is 0.0878. The third kappa shape index (κ3) is 5.57. The molecule has 4 rings (SSSR count). The summed E-state index contributed by atoms with van der Waals surface area (Å²) >= 11 is 7.30. The highest BCUT2D eigenvalue weighted by atomic mass is 35.5. The van der Waals surface area contributed by atoms with Gasteiger partial charge in [0.25, 0.3) is 5.91 Å². The van der Waals surface area contributed by atoms with E-state index in [0.29, 0.717) is 15.3 Å². The van der Waals surface area contributed by atoms with E-state index in [-0.39, 0.29) is 23.5 Å². The number of rotatable bonds is 7. The third-order valence-electron chi connectivity index (χ3n) is 5.41. The van der Waals surface area contributed by atoms with E-state index < -0.39 is 21.9 Å². The molecule has 0 saturated heterocycles. The van der Waals surface area contributed by atoms with E-state index in [9.17, 15) is 18.0 Å². The van der Waals surface area contributed by atoms with Crippen LogP contribution < -0.4 is 4.80 Å². The molecule has 1 heterocycles. The van der Waals surface area contributed by atoms with Gasteiger partial charge in [0.15, 0.2) is 4.80 Å². The second kappa shape index (κ2) is 10.8. The second-order valence-corrected chi connectivity index (χ2v) is 11.3. The molecule has 36 heavy (non-hydrogen) atoms. The molecule has 0 atom stereocenters. The number of thiazole rings is 1. The Bertz CT molecular complexity index is 1590. The van der Waals surface area contributed by atoms with Gasteiger partial charge >= 0.3 is 5.97 Å². The van der Waals surface area contributed by atoms with Crippen LogP contribution in [-0.2, 0) is 32.6 Å². The number of nitrogens with zero attached hydrogens (tertiary/aromatic N) is 3. The molecule has 0 spiro atoms. The van der Waals surface area contributed by atoms with E-state index in [1.165, 1.54) is 54.1 Å². The molecule has 186 valence electrons. The number of aromatic nitrogens is 1. The molecule has 0 unspecified atom stereocenters. The van der Waals surface area contributed by atoms with E-state index in [1.54, 1.807) is 22.8 Å². The molecule has 0 aliphatic rings. The Morgan fingerprint density at radius 2 is 1.75 bits per heavy atom. The monoisotopic (exact) mass is 543 g/mol. The number of hydrogen-bond donors (Lipinski definition) is 0. The van der Waals surface area contributed by atoms with Crippen molar-refractivity contribution in [1.82, 2.24) is 8.87 Å². The first-order valence-electron chi connectivity index (χ1n) is 10.7. The quantitative estimate of drug-likeness (QED) is 0.327. The van der Waals surface area contributed by atoms with E-state index in [2.05, 4.69) is 4.99 Å². The molecule has 0 bridgehead atoms. The van der Waals surface area contributed by atoms with Crippen molar-refractivity contribution in [3.05, 3.63) is 93.7 Å². The molecule has 0 aliphatic carbocycles. The molecule has 0 fully saturated rings. The molecular weight excluding hydrogens is 522 g/mol. The molecule has 0 radical (unpaired) electrons. The number of halogens is 1. The van der Waals surface area contributed by atoms with Gasteiger partial charge in [0.05, 0.1) is 22.2 Å². The lowest BCUT2D eigenvalue weighted by Gasteiger charge is -2.17. The first-order valence-corrected chi connectivity index (χ1v) is 13.4. The van der Waals surface area contributed by atoms with Gasteiger partial charge in [-0.15, -0.1) is 0 Å². The number of carbonyl (C=O) groups is 2. The van der Waals surface area contributed by atoms with Gasteiger partial charge in [-0.05, 0) is 48.0 Å². The van der Waals surface area contributed by atoms with Crippen LogP contribution in [0.4, 0.5) is 0 Å².